The first kappa shape index (κ1) is 15.6. The van der Waals surface area contributed by atoms with Crippen molar-refractivity contribution in [2.45, 2.75) is 33.4 Å². The van der Waals surface area contributed by atoms with E-state index < -0.39 is 5.82 Å². The molecule has 0 unspecified atom stereocenters. The Morgan fingerprint density at radius 1 is 1.22 bits per heavy atom. The molecule has 1 N–H and O–H groups in total. The molecule has 2 aromatic rings. The number of hydrogen-bond acceptors (Lipinski definition) is 1. The number of fused-ring (bicyclic) bond motifs is 1. The second-order valence-corrected chi connectivity index (χ2v) is 6.34. The third-order valence-corrected chi connectivity index (χ3v) is 4.44. The summed E-state index contributed by atoms with van der Waals surface area (Å²) >= 11 is 0. The van der Waals surface area contributed by atoms with Crippen LogP contribution in [0.4, 0.5) is 14.9 Å². The number of urea groups is 1. The number of halogens is 1. The van der Waals surface area contributed by atoms with Crippen molar-refractivity contribution < 1.29 is 9.18 Å². The number of anilines is 1. The molecule has 4 nitrogen and oxygen atoms in total. The summed E-state index contributed by atoms with van der Waals surface area (Å²) in [4.78, 5) is 14.5. The van der Waals surface area contributed by atoms with E-state index in [2.05, 4.69) is 42.8 Å². The molecule has 2 heterocycles. The number of aromatic nitrogens is 1. The lowest BCUT2D eigenvalue weighted by atomic mass is 9.97. The number of nitrogens with one attached hydrogen (secondary N) is 1. The quantitative estimate of drug-likeness (QED) is 0.887. The summed E-state index contributed by atoms with van der Waals surface area (Å²) in [5.74, 6) is -0.145. The third kappa shape index (κ3) is 2.83. The van der Waals surface area contributed by atoms with E-state index in [-0.39, 0.29) is 23.7 Å². The number of hydrogen-bond donors (Lipinski definition) is 1. The van der Waals surface area contributed by atoms with Gasteiger partial charge in [0.05, 0.1) is 11.7 Å². The van der Waals surface area contributed by atoms with Gasteiger partial charge in [-0.2, -0.15) is 0 Å². The Morgan fingerprint density at radius 2 is 1.96 bits per heavy atom. The molecule has 122 valence electrons. The van der Waals surface area contributed by atoms with Crippen LogP contribution in [0.25, 0.3) is 0 Å². The molecule has 0 bridgehead atoms. The van der Waals surface area contributed by atoms with Crippen molar-refractivity contribution in [2.24, 2.45) is 5.92 Å². The van der Waals surface area contributed by atoms with E-state index in [0.717, 1.165) is 12.2 Å². The fraction of sp³-hybridized carbons (Fsp3) is 0.389. The monoisotopic (exact) mass is 315 g/mol. The van der Waals surface area contributed by atoms with Gasteiger partial charge >= 0.3 is 6.03 Å². The van der Waals surface area contributed by atoms with Gasteiger partial charge in [-0.05, 0) is 37.1 Å². The van der Waals surface area contributed by atoms with E-state index >= 15 is 0 Å². The van der Waals surface area contributed by atoms with Gasteiger partial charge in [-0.3, -0.25) is 0 Å². The van der Waals surface area contributed by atoms with Crippen molar-refractivity contribution in [3.05, 3.63) is 53.6 Å². The molecule has 3 rings (SSSR count). The number of nitrogens with zero attached hydrogens (tertiary/aromatic N) is 2. The van der Waals surface area contributed by atoms with Gasteiger partial charge in [-0.25, -0.2) is 9.18 Å². The molecule has 1 aliphatic heterocycles. The molecule has 5 heteroatoms. The molecule has 2 amide bonds. The average Bonchev–Trinajstić information content (AvgIpc) is 2.90. The maximum atomic E-state index is 13.8. The highest BCUT2D eigenvalue weighted by molar-refractivity contribution is 5.89. The molecule has 0 radical (unpaired) electrons. The molecule has 1 aromatic carbocycles. The highest BCUT2D eigenvalue weighted by Crippen LogP contribution is 2.34. The molecule has 1 aromatic heterocycles. The number of rotatable bonds is 2. The van der Waals surface area contributed by atoms with Crippen molar-refractivity contribution in [3.63, 3.8) is 0 Å². The highest BCUT2D eigenvalue weighted by atomic mass is 19.1. The van der Waals surface area contributed by atoms with Crippen LogP contribution in [0.15, 0.2) is 36.4 Å². The Labute approximate surface area is 135 Å². The largest absolute Gasteiger partial charge is 0.345 e. The first-order valence-corrected chi connectivity index (χ1v) is 7.97. The second kappa shape index (κ2) is 6.07. The minimum atomic E-state index is -0.418. The Morgan fingerprint density at radius 3 is 2.65 bits per heavy atom. The van der Waals surface area contributed by atoms with Crippen LogP contribution in [0.5, 0.6) is 0 Å². The first-order chi connectivity index (χ1) is 11.0. The smallest absolute Gasteiger partial charge is 0.322 e. The van der Waals surface area contributed by atoms with Gasteiger partial charge in [0.25, 0.3) is 0 Å². The number of carbonyl (C=O) groups excluding carboxylic acids is 1. The number of para-hydroxylation sites is 1. The van der Waals surface area contributed by atoms with Crippen molar-refractivity contribution in [1.29, 1.82) is 0 Å². The van der Waals surface area contributed by atoms with Gasteiger partial charge < -0.3 is 14.8 Å². The summed E-state index contributed by atoms with van der Waals surface area (Å²) in [6, 6.07) is 10.2. The van der Waals surface area contributed by atoms with Crippen molar-refractivity contribution >= 4 is 11.7 Å². The van der Waals surface area contributed by atoms with Gasteiger partial charge in [0, 0.05) is 24.5 Å². The van der Waals surface area contributed by atoms with Gasteiger partial charge in [-0.1, -0.05) is 26.0 Å². The van der Waals surface area contributed by atoms with Crippen molar-refractivity contribution in [1.82, 2.24) is 9.47 Å². The fourth-order valence-corrected chi connectivity index (χ4v) is 3.34. The first-order valence-electron chi connectivity index (χ1n) is 7.97. The van der Waals surface area contributed by atoms with Crippen molar-refractivity contribution in [2.75, 3.05) is 11.9 Å². The molecular formula is C18H22FN3O. The van der Waals surface area contributed by atoms with E-state index in [0.29, 0.717) is 6.54 Å². The SMILES string of the molecule is Cc1ccc2n1CCN(C(=O)Nc1ccccc1F)[C@H]2C(C)C. The van der Waals surface area contributed by atoms with Crippen LogP contribution < -0.4 is 5.32 Å². The summed E-state index contributed by atoms with van der Waals surface area (Å²) in [7, 11) is 0. The normalized spacial score (nSPS) is 17.3. The van der Waals surface area contributed by atoms with Crippen LogP contribution in [-0.4, -0.2) is 22.0 Å². The van der Waals surface area contributed by atoms with Crippen LogP contribution in [0.3, 0.4) is 0 Å². The molecule has 0 saturated carbocycles. The molecule has 23 heavy (non-hydrogen) atoms. The zero-order valence-corrected chi connectivity index (χ0v) is 13.7. The molecule has 1 atom stereocenters. The van der Waals surface area contributed by atoms with E-state index in [4.69, 9.17) is 0 Å². The zero-order valence-electron chi connectivity index (χ0n) is 13.7. The van der Waals surface area contributed by atoms with Crippen LogP contribution in [0.1, 0.15) is 31.3 Å². The van der Waals surface area contributed by atoms with Gasteiger partial charge in [0.15, 0.2) is 0 Å². The van der Waals surface area contributed by atoms with Gasteiger partial charge in [0.2, 0.25) is 0 Å². The summed E-state index contributed by atoms with van der Waals surface area (Å²) < 4.78 is 16.0. The number of carbonyl (C=O) groups is 1. The van der Waals surface area contributed by atoms with Gasteiger partial charge in [-0.15, -0.1) is 0 Å². The Hall–Kier alpha value is -2.30. The lowest BCUT2D eigenvalue weighted by Crippen LogP contribution is -2.46. The van der Waals surface area contributed by atoms with Crippen molar-refractivity contribution in [3.8, 4) is 0 Å². The maximum Gasteiger partial charge on any atom is 0.322 e. The van der Waals surface area contributed by atoms with E-state index in [1.807, 2.05) is 4.90 Å². The van der Waals surface area contributed by atoms with E-state index in [9.17, 15) is 9.18 Å². The fourth-order valence-electron chi connectivity index (χ4n) is 3.34. The highest BCUT2D eigenvalue weighted by Gasteiger charge is 2.33. The summed E-state index contributed by atoms with van der Waals surface area (Å²) in [6.45, 7) is 7.67. The lowest BCUT2D eigenvalue weighted by Gasteiger charge is -2.39. The number of aryl methyl sites for hydroxylation is 1. The maximum absolute atomic E-state index is 13.8. The minimum absolute atomic E-state index is 0.00998. The summed E-state index contributed by atoms with van der Waals surface area (Å²) in [5.41, 5.74) is 2.57. The predicted octanol–water partition coefficient (Wildman–Crippen LogP) is 4.18. The Kier molecular flexibility index (Phi) is 4.11. The van der Waals surface area contributed by atoms with Crippen LogP contribution in [-0.2, 0) is 6.54 Å². The molecule has 1 aliphatic rings. The second-order valence-electron chi connectivity index (χ2n) is 6.34. The molecule has 0 spiro atoms. The van der Waals surface area contributed by atoms with Crippen LogP contribution in [0.2, 0.25) is 0 Å². The lowest BCUT2D eigenvalue weighted by molar-refractivity contribution is 0.143. The van der Waals surface area contributed by atoms with Gasteiger partial charge in [0.1, 0.15) is 5.82 Å². The molecule has 0 aliphatic carbocycles. The number of benzene rings is 1. The molecular weight excluding hydrogens is 293 g/mol. The number of amides is 2. The minimum Gasteiger partial charge on any atom is -0.345 e. The molecule has 0 fully saturated rings. The summed E-state index contributed by atoms with van der Waals surface area (Å²) in [5, 5.41) is 2.71. The van der Waals surface area contributed by atoms with E-state index in [1.165, 1.54) is 11.8 Å². The topological polar surface area (TPSA) is 37.3 Å². The predicted molar refractivity (Wildman–Crippen MR) is 88.9 cm³/mol. The average molecular weight is 315 g/mol. The molecule has 0 saturated heterocycles. The zero-order chi connectivity index (χ0) is 16.6. The third-order valence-electron chi connectivity index (χ3n) is 4.44. The van der Waals surface area contributed by atoms with Crippen LogP contribution in [0, 0.1) is 18.7 Å². The Balaban J connectivity index is 1.87. The standard InChI is InChI=1S/C18H22FN3O/c1-12(2)17-16-9-8-13(3)21(16)10-11-22(17)18(23)20-15-7-5-4-6-14(15)19/h4-9,12,17H,10-11H2,1-3H3,(H,20,23)/t17-/m0/s1. The Bertz CT molecular complexity index is 723. The summed E-state index contributed by atoms with van der Waals surface area (Å²) in [6.07, 6.45) is 0. The van der Waals surface area contributed by atoms with E-state index in [1.54, 1.807) is 18.2 Å². The van der Waals surface area contributed by atoms with Crippen LogP contribution >= 0.6 is 0 Å².